The van der Waals surface area contributed by atoms with Crippen LogP contribution in [-0.2, 0) is 15.3 Å². The molecular formula is C21H33N3O3S. The van der Waals surface area contributed by atoms with Crippen LogP contribution in [-0.4, -0.2) is 59.0 Å². The minimum absolute atomic E-state index is 0.0733. The van der Waals surface area contributed by atoms with Gasteiger partial charge in [0.1, 0.15) is 11.6 Å². The highest BCUT2D eigenvalue weighted by molar-refractivity contribution is 7.98. The molecule has 7 heteroatoms. The lowest BCUT2D eigenvalue weighted by molar-refractivity contribution is -0.148. The van der Waals surface area contributed by atoms with Crippen molar-refractivity contribution in [2.24, 2.45) is 0 Å². The first kappa shape index (κ1) is 22.6. The highest BCUT2D eigenvalue weighted by Gasteiger charge is 2.31. The van der Waals surface area contributed by atoms with Crippen molar-refractivity contribution in [3.05, 3.63) is 35.9 Å². The molecule has 1 atom stereocenters. The third-order valence-electron chi connectivity index (χ3n) is 4.36. The monoisotopic (exact) mass is 407 g/mol. The predicted octanol–water partition coefficient (Wildman–Crippen LogP) is 3.67. The Bertz CT molecular complexity index is 628. The SMILES string of the molecule is CCN(C(=O)C(CSCc1ccccc1)NC(=O)OC(C)(C)C)N1CCCC1. The van der Waals surface area contributed by atoms with Crippen LogP contribution in [0.3, 0.4) is 0 Å². The summed E-state index contributed by atoms with van der Waals surface area (Å²) in [7, 11) is 0. The van der Waals surface area contributed by atoms with Gasteiger partial charge in [-0.3, -0.25) is 9.80 Å². The van der Waals surface area contributed by atoms with Crippen LogP contribution in [0.25, 0.3) is 0 Å². The quantitative estimate of drug-likeness (QED) is 0.712. The summed E-state index contributed by atoms with van der Waals surface area (Å²) < 4.78 is 5.38. The van der Waals surface area contributed by atoms with Gasteiger partial charge in [0.15, 0.2) is 0 Å². The molecule has 1 fully saturated rings. The van der Waals surface area contributed by atoms with E-state index in [1.165, 1.54) is 5.56 Å². The lowest BCUT2D eigenvalue weighted by Gasteiger charge is -2.34. The number of nitrogens with one attached hydrogen (secondary N) is 1. The molecule has 0 spiro atoms. The number of ether oxygens (including phenoxy) is 1. The van der Waals surface area contributed by atoms with Crippen LogP contribution in [0.2, 0.25) is 0 Å². The van der Waals surface area contributed by atoms with Gasteiger partial charge in [-0.2, -0.15) is 11.8 Å². The zero-order chi connectivity index (χ0) is 20.6. The number of benzene rings is 1. The van der Waals surface area contributed by atoms with Crippen molar-refractivity contribution in [1.82, 2.24) is 15.3 Å². The highest BCUT2D eigenvalue weighted by atomic mass is 32.2. The van der Waals surface area contributed by atoms with Crippen molar-refractivity contribution in [1.29, 1.82) is 0 Å². The van der Waals surface area contributed by atoms with Gasteiger partial charge in [-0.05, 0) is 46.1 Å². The Morgan fingerprint density at radius 2 is 1.86 bits per heavy atom. The fraction of sp³-hybridized carbons (Fsp3) is 0.619. The molecule has 1 unspecified atom stereocenters. The summed E-state index contributed by atoms with van der Waals surface area (Å²) in [5, 5.41) is 6.67. The molecular weight excluding hydrogens is 374 g/mol. The Kier molecular flexibility index (Phi) is 8.63. The molecule has 1 aliphatic heterocycles. The number of rotatable bonds is 8. The van der Waals surface area contributed by atoms with Gasteiger partial charge >= 0.3 is 6.09 Å². The molecule has 0 radical (unpaired) electrons. The molecule has 156 valence electrons. The second-order valence-electron chi connectivity index (χ2n) is 7.91. The minimum atomic E-state index is -0.621. The first-order chi connectivity index (χ1) is 13.3. The van der Waals surface area contributed by atoms with E-state index in [2.05, 4.69) is 22.5 Å². The van der Waals surface area contributed by atoms with Crippen LogP contribution in [0.15, 0.2) is 30.3 Å². The maximum Gasteiger partial charge on any atom is 0.408 e. The molecule has 1 heterocycles. The fourth-order valence-corrected chi connectivity index (χ4v) is 4.12. The topological polar surface area (TPSA) is 61.9 Å². The summed E-state index contributed by atoms with van der Waals surface area (Å²) >= 11 is 1.64. The number of amides is 2. The summed E-state index contributed by atoms with van der Waals surface area (Å²) in [5.74, 6) is 1.21. The Balaban J connectivity index is 2.02. The second kappa shape index (κ2) is 10.7. The summed E-state index contributed by atoms with van der Waals surface area (Å²) in [6, 6.07) is 9.50. The fourth-order valence-electron chi connectivity index (χ4n) is 3.11. The van der Waals surface area contributed by atoms with Gasteiger partial charge < -0.3 is 10.1 Å². The van der Waals surface area contributed by atoms with Gasteiger partial charge in [0.2, 0.25) is 0 Å². The lowest BCUT2D eigenvalue weighted by Crippen LogP contribution is -2.55. The zero-order valence-corrected chi connectivity index (χ0v) is 18.3. The number of hydrazine groups is 1. The zero-order valence-electron chi connectivity index (χ0n) is 17.4. The molecule has 1 N–H and O–H groups in total. The molecule has 1 aromatic carbocycles. The molecule has 0 saturated carbocycles. The summed E-state index contributed by atoms with van der Waals surface area (Å²) in [6.07, 6.45) is 1.64. The normalized spacial score (nSPS) is 15.9. The van der Waals surface area contributed by atoms with Crippen molar-refractivity contribution in [2.45, 2.75) is 57.9 Å². The van der Waals surface area contributed by atoms with E-state index in [1.54, 1.807) is 16.8 Å². The van der Waals surface area contributed by atoms with E-state index in [0.717, 1.165) is 31.7 Å². The predicted molar refractivity (Wildman–Crippen MR) is 114 cm³/mol. The third-order valence-corrected chi connectivity index (χ3v) is 5.47. The Morgan fingerprint density at radius 3 is 2.43 bits per heavy atom. The number of alkyl carbamates (subject to hydrolysis) is 1. The van der Waals surface area contributed by atoms with Gasteiger partial charge in [0.25, 0.3) is 5.91 Å². The first-order valence-corrected chi connectivity index (χ1v) is 11.1. The number of nitrogens with zero attached hydrogens (tertiary/aromatic N) is 2. The molecule has 1 saturated heterocycles. The molecule has 6 nitrogen and oxygen atoms in total. The second-order valence-corrected chi connectivity index (χ2v) is 8.94. The van der Waals surface area contributed by atoms with Crippen molar-refractivity contribution >= 4 is 23.8 Å². The molecule has 1 aliphatic rings. The molecule has 28 heavy (non-hydrogen) atoms. The summed E-state index contributed by atoms with van der Waals surface area (Å²) in [5.41, 5.74) is 0.594. The Labute approximate surface area is 172 Å². The molecule has 2 rings (SSSR count). The molecule has 0 bridgehead atoms. The van der Waals surface area contributed by atoms with Gasteiger partial charge in [-0.15, -0.1) is 0 Å². The van der Waals surface area contributed by atoms with Gasteiger partial charge in [-0.1, -0.05) is 30.3 Å². The van der Waals surface area contributed by atoms with Gasteiger partial charge in [0, 0.05) is 31.1 Å². The van der Waals surface area contributed by atoms with E-state index in [-0.39, 0.29) is 5.91 Å². The van der Waals surface area contributed by atoms with Crippen molar-refractivity contribution < 1.29 is 14.3 Å². The first-order valence-electron chi connectivity index (χ1n) is 9.97. The van der Waals surface area contributed by atoms with Crippen molar-refractivity contribution in [3.63, 3.8) is 0 Å². The van der Waals surface area contributed by atoms with Crippen molar-refractivity contribution in [2.75, 3.05) is 25.4 Å². The van der Waals surface area contributed by atoms with E-state index in [0.29, 0.717) is 12.3 Å². The Hall–Kier alpha value is -1.73. The number of hydrogen-bond donors (Lipinski definition) is 1. The van der Waals surface area contributed by atoms with Gasteiger partial charge in [-0.25, -0.2) is 9.80 Å². The largest absolute Gasteiger partial charge is 0.444 e. The molecule has 0 aromatic heterocycles. The van der Waals surface area contributed by atoms with Crippen molar-refractivity contribution in [3.8, 4) is 0 Å². The third kappa shape index (κ3) is 7.36. The maximum absolute atomic E-state index is 13.2. The average Bonchev–Trinajstić information content (AvgIpc) is 3.15. The summed E-state index contributed by atoms with van der Waals surface area (Å²) in [4.78, 5) is 25.5. The minimum Gasteiger partial charge on any atom is -0.444 e. The van der Waals surface area contributed by atoms with E-state index in [9.17, 15) is 9.59 Å². The van der Waals surface area contributed by atoms with Crippen LogP contribution < -0.4 is 5.32 Å². The van der Waals surface area contributed by atoms with Gasteiger partial charge in [0.05, 0.1) is 0 Å². The van der Waals surface area contributed by atoms with E-state index >= 15 is 0 Å². The standard InChI is InChI=1S/C21H33N3O3S/c1-5-24(23-13-9-10-14-23)19(25)18(22-20(26)27-21(2,3)4)16-28-15-17-11-7-6-8-12-17/h6-8,11-12,18H,5,9-10,13-16H2,1-4H3,(H,22,26). The highest BCUT2D eigenvalue weighted by Crippen LogP contribution is 2.17. The smallest absolute Gasteiger partial charge is 0.408 e. The van der Waals surface area contributed by atoms with Crippen LogP contribution in [0, 0.1) is 0 Å². The molecule has 0 aliphatic carbocycles. The molecule has 1 aromatic rings. The number of likely N-dealkylation sites (N-methyl/N-ethyl adjacent to an activating group) is 1. The average molecular weight is 408 g/mol. The van der Waals surface area contributed by atoms with E-state index < -0.39 is 17.7 Å². The van der Waals surface area contributed by atoms with E-state index in [4.69, 9.17) is 4.74 Å². The van der Waals surface area contributed by atoms with Crippen LogP contribution >= 0.6 is 11.8 Å². The van der Waals surface area contributed by atoms with E-state index in [1.807, 2.05) is 45.9 Å². The number of carbonyl (C=O) groups is 2. The molecule has 2 amide bonds. The number of carbonyl (C=O) groups excluding carboxylic acids is 2. The number of hydrogen-bond acceptors (Lipinski definition) is 5. The summed E-state index contributed by atoms with van der Waals surface area (Å²) in [6.45, 7) is 9.78. The maximum atomic E-state index is 13.2. The van der Waals surface area contributed by atoms with Crippen LogP contribution in [0.4, 0.5) is 4.79 Å². The lowest BCUT2D eigenvalue weighted by atomic mass is 10.2. The Morgan fingerprint density at radius 1 is 1.21 bits per heavy atom. The van der Waals surface area contributed by atoms with Crippen LogP contribution in [0.5, 0.6) is 0 Å². The van der Waals surface area contributed by atoms with Crippen LogP contribution in [0.1, 0.15) is 46.1 Å². The number of thioether (sulfide) groups is 1.